The van der Waals surface area contributed by atoms with Crippen LogP contribution < -0.4 is 11.1 Å². The minimum Gasteiger partial charge on any atom is -0.409 e. The van der Waals surface area contributed by atoms with E-state index in [0.29, 0.717) is 12.2 Å². The lowest BCUT2D eigenvalue weighted by Crippen LogP contribution is -2.32. The molecule has 0 saturated heterocycles. The molecule has 84 valence electrons. The number of nitrogens with one attached hydrogen (secondary N) is 1. The summed E-state index contributed by atoms with van der Waals surface area (Å²) in [7, 11) is -0.721. The van der Waals surface area contributed by atoms with Gasteiger partial charge >= 0.3 is 0 Å². The van der Waals surface area contributed by atoms with E-state index in [9.17, 15) is 4.21 Å². The van der Waals surface area contributed by atoms with E-state index in [1.165, 1.54) is 0 Å². The van der Waals surface area contributed by atoms with Gasteiger partial charge in [-0.2, -0.15) is 0 Å². The normalized spacial score (nSPS) is 16.6. The van der Waals surface area contributed by atoms with Gasteiger partial charge in [-0.3, -0.25) is 4.21 Å². The van der Waals surface area contributed by atoms with E-state index in [-0.39, 0.29) is 11.9 Å². The van der Waals surface area contributed by atoms with Crippen LogP contribution in [-0.2, 0) is 10.8 Å². The number of rotatable bonds is 7. The Labute approximate surface area is 87.2 Å². The van der Waals surface area contributed by atoms with Crippen LogP contribution in [0.5, 0.6) is 0 Å². The van der Waals surface area contributed by atoms with Crippen molar-refractivity contribution in [3.63, 3.8) is 0 Å². The van der Waals surface area contributed by atoms with Gasteiger partial charge in [0, 0.05) is 35.3 Å². The smallest absolute Gasteiger partial charge is 0.140 e. The zero-order valence-electron chi connectivity index (χ0n) is 8.69. The van der Waals surface area contributed by atoms with Gasteiger partial charge < -0.3 is 16.3 Å². The van der Waals surface area contributed by atoms with E-state index in [2.05, 4.69) is 10.5 Å². The first kappa shape index (κ1) is 13.4. The number of hydrogen-bond acceptors (Lipinski definition) is 4. The van der Waals surface area contributed by atoms with Crippen LogP contribution in [0.15, 0.2) is 5.16 Å². The molecule has 0 heterocycles. The van der Waals surface area contributed by atoms with Crippen LogP contribution in [0.2, 0.25) is 0 Å². The molecule has 14 heavy (non-hydrogen) atoms. The van der Waals surface area contributed by atoms with Gasteiger partial charge in [-0.25, -0.2) is 0 Å². The van der Waals surface area contributed by atoms with Gasteiger partial charge in [0.2, 0.25) is 0 Å². The van der Waals surface area contributed by atoms with Crippen molar-refractivity contribution in [2.45, 2.75) is 25.8 Å². The minimum atomic E-state index is -0.721. The van der Waals surface area contributed by atoms with Gasteiger partial charge in [-0.15, -0.1) is 0 Å². The molecule has 0 spiro atoms. The second kappa shape index (κ2) is 7.75. The maximum absolute atomic E-state index is 10.7. The highest BCUT2D eigenvalue weighted by atomic mass is 32.2. The van der Waals surface area contributed by atoms with Crippen LogP contribution in [0.25, 0.3) is 0 Å². The second-order valence-corrected chi connectivity index (χ2v) is 4.84. The lowest BCUT2D eigenvalue weighted by Gasteiger charge is -2.11. The lowest BCUT2D eigenvalue weighted by molar-refractivity contribution is 0.316. The van der Waals surface area contributed by atoms with E-state index >= 15 is 0 Å². The molecule has 4 N–H and O–H groups in total. The van der Waals surface area contributed by atoms with Gasteiger partial charge in [0.05, 0.1) is 0 Å². The molecule has 2 atom stereocenters. The van der Waals surface area contributed by atoms with Gasteiger partial charge in [-0.05, 0) is 19.9 Å². The minimum absolute atomic E-state index is 0.177. The molecule has 0 aromatic carbocycles. The van der Waals surface area contributed by atoms with Crippen molar-refractivity contribution in [1.29, 1.82) is 0 Å². The first-order valence-corrected chi connectivity index (χ1v) is 6.28. The van der Waals surface area contributed by atoms with E-state index in [1.54, 1.807) is 6.26 Å². The SMILES string of the molecule is CC(CC(N)=NO)NCCCS(C)=O. The number of nitrogens with zero attached hydrogens (tertiary/aromatic N) is 1. The molecule has 5 nitrogen and oxygen atoms in total. The van der Waals surface area contributed by atoms with Crippen LogP contribution >= 0.6 is 0 Å². The third kappa shape index (κ3) is 8.00. The van der Waals surface area contributed by atoms with Crippen LogP contribution in [0, 0.1) is 0 Å². The summed E-state index contributed by atoms with van der Waals surface area (Å²) in [5, 5.41) is 14.4. The molecule has 0 radical (unpaired) electrons. The molecule has 0 bridgehead atoms. The van der Waals surface area contributed by atoms with Crippen molar-refractivity contribution in [3.05, 3.63) is 0 Å². The molecule has 0 aromatic heterocycles. The second-order valence-electron chi connectivity index (χ2n) is 3.28. The van der Waals surface area contributed by atoms with Crippen LogP contribution in [0.4, 0.5) is 0 Å². The highest BCUT2D eigenvalue weighted by Crippen LogP contribution is 1.91. The van der Waals surface area contributed by atoms with E-state index < -0.39 is 10.8 Å². The standard InChI is InChI=1S/C8H19N3O2S/c1-7(6-8(9)11-12)10-4-3-5-14(2)13/h7,10,12H,3-6H2,1-2H3,(H2,9,11). The maximum atomic E-state index is 10.7. The summed E-state index contributed by atoms with van der Waals surface area (Å²) >= 11 is 0. The Hall–Kier alpha value is -0.620. The van der Waals surface area contributed by atoms with Crippen LogP contribution in [0.1, 0.15) is 19.8 Å². The molecule has 0 saturated carbocycles. The Morgan fingerprint density at radius 3 is 2.86 bits per heavy atom. The zero-order chi connectivity index (χ0) is 11.0. The quantitative estimate of drug-likeness (QED) is 0.184. The monoisotopic (exact) mass is 221 g/mol. The van der Waals surface area contributed by atoms with Crippen molar-refractivity contribution < 1.29 is 9.42 Å². The largest absolute Gasteiger partial charge is 0.409 e. The average molecular weight is 221 g/mol. The fraction of sp³-hybridized carbons (Fsp3) is 0.875. The summed E-state index contributed by atoms with van der Waals surface area (Å²) < 4.78 is 10.7. The Kier molecular flexibility index (Phi) is 7.41. The first-order valence-electron chi connectivity index (χ1n) is 4.56. The lowest BCUT2D eigenvalue weighted by atomic mass is 10.2. The molecule has 0 fully saturated rings. The molecule has 0 aromatic rings. The average Bonchev–Trinajstić information content (AvgIpc) is 2.12. The molecule has 0 amide bonds. The number of amidine groups is 1. The third-order valence-electron chi connectivity index (χ3n) is 1.75. The van der Waals surface area contributed by atoms with Gasteiger partial charge in [0.1, 0.15) is 5.84 Å². The van der Waals surface area contributed by atoms with Crippen molar-refractivity contribution in [1.82, 2.24) is 5.32 Å². The van der Waals surface area contributed by atoms with Crippen molar-refractivity contribution in [2.75, 3.05) is 18.6 Å². The van der Waals surface area contributed by atoms with Crippen molar-refractivity contribution in [2.24, 2.45) is 10.9 Å². The number of oxime groups is 1. The highest BCUT2D eigenvalue weighted by molar-refractivity contribution is 7.84. The molecule has 0 aliphatic carbocycles. The van der Waals surface area contributed by atoms with Gasteiger partial charge in [-0.1, -0.05) is 5.16 Å². The molecular weight excluding hydrogens is 202 g/mol. The Morgan fingerprint density at radius 1 is 1.71 bits per heavy atom. The van der Waals surface area contributed by atoms with Crippen molar-refractivity contribution in [3.8, 4) is 0 Å². The fourth-order valence-corrected chi connectivity index (χ4v) is 1.60. The number of hydrogen-bond donors (Lipinski definition) is 3. The Bertz CT molecular complexity index is 209. The summed E-state index contributed by atoms with van der Waals surface area (Å²) in [5.41, 5.74) is 5.34. The number of nitrogens with two attached hydrogens (primary N) is 1. The van der Waals surface area contributed by atoms with E-state index in [0.717, 1.165) is 13.0 Å². The summed E-state index contributed by atoms with van der Waals surface area (Å²) in [6.45, 7) is 2.76. The summed E-state index contributed by atoms with van der Waals surface area (Å²) in [4.78, 5) is 0. The Morgan fingerprint density at radius 2 is 2.36 bits per heavy atom. The van der Waals surface area contributed by atoms with Crippen LogP contribution in [0.3, 0.4) is 0 Å². The first-order chi connectivity index (χ1) is 6.56. The Balaban J connectivity index is 3.44. The van der Waals surface area contributed by atoms with Crippen molar-refractivity contribution >= 4 is 16.6 Å². The molecule has 6 heteroatoms. The highest BCUT2D eigenvalue weighted by Gasteiger charge is 2.03. The molecule has 0 rings (SSSR count). The molecular formula is C8H19N3O2S. The fourth-order valence-electron chi connectivity index (χ4n) is 1.05. The zero-order valence-corrected chi connectivity index (χ0v) is 9.51. The predicted molar refractivity (Wildman–Crippen MR) is 59.0 cm³/mol. The molecule has 0 aliphatic rings. The molecule has 0 aliphatic heterocycles. The van der Waals surface area contributed by atoms with Crippen LogP contribution in [-0.4, -0.2) is 39.8 Å². The topological polar surface area (TPSA) is 87.7 Å². The summed E-state index contributed by atoms with van der Waals surface area (Å²) in [6.07, 6.45) is 3.09. The summed E-state index contributed by atoms with van der Waals surface area (Å²) in [6, 6.07) is 0.177. The van der Waals surface area contributed by atoms with E-state index in [4.69, 9.17) is 10.9 Å². The predicted octanol–water partition coefficient (Wildman–Crippen LogP) is -0.130. The van der Waals surface area contributed by atoms with Gasteiger partial charge in [0.25, 0.3) is 0 Å². The van der Waals surface area contributed by atoms with E-state index in [1.807, 2.05) is 6.92 Å². The maximum Gasteiger partial charge on any atom is 0.140 e. The molecule has 2 unspecified atom stereocenters. The summed E-state index contributed by atoms with van der Waals surface area (Å²) in [5.74, 6) is 0.938. The third-order valence-corrected chi connectivity index (χ3v) is 2.61. The van der Waals surface area contributed by atoms with Gasteiger partial charge in [0.15, 0.2) is 0 Å².